The fraction of sp³-hybridized carbons (Fsp3) is 0.519. The van der Waals surface area contributed by atoms with Gasteiger partial charge in [-0.3, -0.25) is 4.99 Å². The van der Waals surface area contributed by atoms with E-state index >= 15 is 0 Å². The molecule has 29 heavy (non-hydrogen) atoms. The summed E-state index contributed by atoms with van der Waals surface area (Å²) in [4.78, 5) is 7.38. The van der Waals surface area contributed by atoms with E-state index < -0.39 is 0 Å². The molecule has 0 atom stereocenters. The van der Waals surface area contributed by atoms with E-state index in [1.165, 1.54) is 24.0 Å². The molecule has 2 aromatic carbocycles. The summed E-state index contributed by atoms with van der Waals surface area (Å²) in [6, 6.07) is 22.1. The van der Waals surface area contributed by atoms with Gasteiger partial charge in [0.1, 0.15) is 0 Å². The van der Waals surface area contributed by atoms with Gasteiger partial charge in [-0.15, -0.1) is 0 Å². The first-order valence-corrected chi connectivity index (χ1v) is 11.1. The van der Waals surface area contributed by atoms with E-state index in [1.54, 1.807) is 0 Å². The smallest absolute Gasteiger partial charge is 0.0856 e. The Bertz CT molecular complexity index is 724. The lowest BCUT2D eigenvalue weighted by atomic mass is 9.76. The Morgan fingerprint density at radius 1 is 0.862 bits per heavy atom. The van der Waals surface area contributed by atoms with Gasteiger partial charge in [0.2, 0.25) is 0 Å². The van der Waals surface area contributed by atoms with Crippen LogP contribution in [0.3, 0.4) is 0 Å². The van der Waals surface area contributed by atoms with Crippen LogP contribution in [-0.2, 0) is 0 Å². The Morgan fingerprint density at radius 2 is 1.34 bits per heavy atom. The van der Waals surface area contributed by atoms with E-state index in [-0.39, 0.29) is 5.54 Å². The summed E-state index contributed by atoms with van der Waals surface area (Å²) in [6.45, 7) is 13.6. The third-order valence-electron chi connectivity index (χ3n) is 5.90. The van der Waals surface area contributed by atoms with Gasteiger partial charge >= 0.3 is 0 Å². The largest absolute Gasteiger partial charge is 0.363 e. The number of aliphatic imine (C=N–C) groups is 1. The topological polar surface area (TPSA) is 15.6 Å². The van der Waals surface area contributed by atoms with E-state index in [9.17, 15) is 0 Å². The molecule has 1 aliphatic rings. The van der Waals surface area contributed by atoms with Crippen LogP contribution in [0.15, 0.2) is 65.7 Å². The van der Waals surface area contributed by atoms with E-state index in [4.69, 9.17) is 4.99 Å². The highest BCUT2D eigenvalue weighted by molar-refractivity contribution is 5.56. The maximum absolute atomic E-state index is 4.95. The van der Waals surface area contributed by atoms with Crippen LogP contribution in [0.5, 0.6) is 0 Å². The number of likely N-dealkylation sites (tertiary alicyclic amines) is 1. The van der Waals surface area contributed by atoms with Crippen molar-refractivity contribution in [1.29, 1.82) is 0 Å². The second kappa shape index (κ2) is 9.15. The minimum atomic E-state index is -0.00822. The van der Waals surface area contributed by atoms with Crippen molar-refractivity contribution in [3.63, 3.8) is 0 Å². The quantitative estimate of drug-likeness (QED) is 0.392. The van der Waals surface area contributed by atoms with Gasteiger partial charge in [-0.1, -0.05) is 81.4 Å². The fourth-order valence-electron chi connectivity index (χ4n) is 5.01. The monoisotopic (exact) mass is 390 g/mol. The van der Waals surface area contributed by atoms with Gasteiger partial charge in [-0.2, -0.15) is 0 Å². The predicted octanol–water partition coefficient (Wildman–Crippen LogP) is 6.77. The van der Waals surface area contributed by atoms with Crippen LogP contribution in [0.25, 0.3) is 0 Å². The zero-order chi connectivity index (χ0) is 20.9. The van der Waals surface area contributed by atoms with Crippen LogP contribution in [0.2, 0.25) is 0 Å². The molecular weight excluding hydrogens is 352 g/mol. The summed E-state index contributed by atoms with van der Waals surface area (Å²) in [7, 11) is 0. The molecule has 0 bridgehead atoms. The third-order valence-corrected chi connectivity index (χ3v) is 5.90. The minimum Gasteiger partial charge on any atom is -0.363 e. The SMILES string of the molecule is CC(C)(C)CC(C)(C)N=CN1CCC(C(c2ccccc2)c2ccccc2)CC1. The standard InChI is InChI=1S/C27H38N2/c1-26(2,3)20-27(4,5)28-21-29-18-16-24(17-19-29)25(22-12-8-6-9-13-22)23-14-10-7-11-15-23/h6-15,21,24-25H,16-20H2,1-5H3. The molecule has 2 heteroatoms. The van der Waals surface area contributed by atoms with Gasteiger partial charge in [0.05, 0.1) is 11.9 Å². The lowest BCUT2D eigenvalue weighted by Gasteiger charge is -2.36. The van der Waals surface area contributed by atoms with Crippen LogP contribution >= 0.6 is 0 Å². The first kappa shape index (κ1) is 21.6. The molecular formula is C27H38N2. The Hall–Kier alpha value is -2.09. The summed E-state index contributed by atoms with van der Waals surface area (Å²) in [5, 5.41) is 0. The third kappa shape index (κ3) is 6.45. The number of nitrogens with zero attached hydrogens (tertiary/aromatic N) is 2. The molecule has 156 valence electrons. The molecule has 3 rings (SSSR count). The average molecular weight is 391 g/mol. The highest BCUT2D eigenvalue weighted by atomic mass is 15.2. The summed E-state index contributed by atoms with van der Waals surface area (Å²) in [6.07, 6.45) is 5.64. The molecule has 0 amide bonds. The van der Waals surface area contributed by atoms with E-state index in [2.05, 4.69) is 107 Å². The first-order chi connectivity index (χ1) is 13.7. The van der Waals surface area contributed by atoms with Crippen molar-refractivity contribution in [2.24, 2.45) is 16.3 Å². The summed E-state index contributed by atoms with van der Waals surface area (Å²) in [5.41, 5.74) is 3.17. The second-order valence-electron chi connectivity index (χ2n) is 10.5. The molecule has 0 saturated carbocycles. The molecule has 1 aliphatic heterocycles. The van der Waals surface area contributed by atoms with E-state index in [0.717, 1.165) is 19.5 Å². The van der Waals surface area contributed by atoms with Gasteiger partial charge < -0.3 is 4.90 Å². The van der Waals surface area contributed by atoms with Crippen molar-refractivity contribution in [2.75, 3.05) is 13.1 Å². The second-order valence-corrected chi connectivity index (χ2v) is 10.5. The van der Waals surface area contributed by atoms with Crippen molar-refractivity contribution in [3.8, 4) is 0 Å². The van der Waals surface area contributed by atoms with Crippen LogP contribution in [-0.4, -0.2) is 29.9 Å². The molecule has 0 radical (unpaired) electrons. The zero-order valence-electron chi connectivity index (χ0n) is 18.9. The van der Waals surface area contributed by atoms with Gasteiger partial charge in [-0.05, 0) is 55.6 Å². The van der Waals surface area contributed by atoms with Gasteiger partial charge in [0, 0.05) is 19.0 Å². The van der Waals surface area contributed by atoms with Crippen molar-refractivity contribution < 1.29 is 0 Å². The average Bonchev–Trinajstić information content (AvgIpc) is 2.68. The Balaban J connectivity index is 1.67. The van der Waals surface area contributed by atoms with Crippen LogP contribution < -0.4 is 0 Å². The molecule has 1 heterocycles. The number of hydrogen-bond acceptors (Lipinski definition) is 1. The highest BCUT2D eigenvalue weighted by Gasteiger charge is 2.29. The molecule has 0 aliphatic carbocycles. The lowest BCUT2D eigenvalue weighted by molar-refractivity contribution is 0.248. The maximum atomic E-state index is 4.95. The number of rotatable bonds is 6. The molecule has 1 saturated heterocycles. The molecule has 0 unspecified atom stereocenters. The summed E-state index contributed by atoms with van der Waals surface area (Å²) in [5.74, 6) is 1.15. The van der Waals surface area contributed by atoms with Crippen LogP contribution in [0, 0.1) is 11.3 Å². The van der Waals surface area contributed by atoms with Crippen molar-refractivity contribution in [2.45, 2.75) is 65.3 Å². The van der Waals surface area contributed by atoms with Gasteiger partial charge in [-0.25, -0.2) is 0 Å². The lowest BCUT2D eigenvalue weighted by Crippen LogP contribution is -2.36. The van der Waals surface area contributed by atoms with Gasteiger partial charge in [0.25, 0.3) is 0 Å². The molecule has 0 N–H and O–H groups in total. The molecule has 2 nitrogen and oxygen atoms in total. The molecule has 0 aromatic heterocycles. The molecule has 1 fully saturated rings. The molecule has 2 aromatic rings. The summed E-state index contributed by atoms with van der Waals surface area (Å²) < 4.78 is 0. The Labute approximate surface area is 178 Å². The Morgan fingerprint density at radius 3 is 1.79 bits per heavy atom. The van der Waals surface area contributed by atoms with Crippen LogP contribution in [0.1, 0.15) is 70.9 Å². The first-order valence-electron chi connectivity index (χ1n) is 11.1. The van der Waals surface area contributed by atoms with Crippen LogP contribution in [0.4, 0.5) is 0 Å². The normalized spacial score (nSPS) is 16.7. The minimum absolute atomic E-state index is 0.00822. The van der Waals surface area contributed by atoms with Crippen molar-refractivity contribution in [3.05, 3.63) is 71.8 Å². The van der Waals surface area contributed by atoms with Gasteiger partial charge in [0.15, 0.2) is 0 Å². The summed E-state index contributed by atoms with van der Waals surface area (Å²) >= 11 is 0. The highest BCUT2D eigenvalue weighted by Crippen LogP contribution is 2.38. The van der Waals surface area contributed by atoms with Crippen molar-refractivity contribution in [1.82, 2.24) is 4.90 Å². The van der Waals surface area contributed by atoms with E-state index in [0.29, 0.717) is 17.3 Å². The Kier molecular flexibility index (Phi) is 6.82. The molecule has 0 spiro atoms. The number of hydrogen-bond donors (Lipinski definition) is 0. The fourth-order valence-corrected chi connectivity index (χ4v) is 5.01. The predicted molar refractivity (Wildman–Crippen MR) is 126 cm³/mol. The maximum Gasteiger partial charge on any atom is 0.0856 e. The van der Waals surface area contributed by atoms with E-state index in [1.807, 2.05) is 0 Å². The van der Waals surface area contributed by atoms with Crippen molar-refractivity contribution >= 4 is 6.34 Å². The zero-order valence-corrected chi connectivity index (χ0v) is 18.9. The number of benzene rings is 2. The number of piperidine rings is 1.